The third-order valence-corrected chi connectivity index (χ3v) is 7.38. The summed E-state index contributed by atoms with van der Waals surface area (Å²) in [6.45, 7) is 4.93. The molecule has 0 bridgehead atoms. The molecule has 188 valence electrons. The standard InChI is InChI=1S/C28H37N3O4/c1-28(2,21-8-4-3-5-9-21)27(34)31-24(26(32)33)14-16-35-23-17-19(18-23)10-12-22-13-11-20-7-6-15-29-25(20)30-22/h3-5,8-9,11,13,19,23-24H,6-7,10,12,14-18H2,1-2H3,(H,29,30)(H,31,34)(H,32,33)/t19-,23-,24?. The van der Waals surface area contributed by atoms with Crippen LogP contribution in [0.4, 0.5) is 5.82 Å². The number of ether oxygens (including phenoxy) is 1. The maximum absolute atomic E-state index is 12.8. The fraction of sp³-hybridized carbons (Fsp3) is 0.536. The number of aromatic nitrogens is 1. The van der Waals surface area contributed by atoms with Crippen LogP contribution in [0.1, 0.15) is 62.8 Å². The number of fused-ring (bicyclic) bond motifs is 1. The number of pyridine rings is 1. The number of anilines is 1. The molecule has 0 saturated heterocycles. The molecule has 1 aromatic heterocycles. The van der Waals surface area contributed by atoms with E-state index in [0.29, 0.717) is 12.5 Å². The van der Waals surface area contributed by atoms with Crippen LogP contribution in [-0.2, 0) is 32.6 Å². The molecule has 1 saturated carbocycles. The summed E-state index contributed by atoms with van der Waals surface area (Å²) in [5.74, 6) is 0.332. The molecule has 1 amide bonds. The molecular formula is C28H37N3O4. The molecule has 0 spiro atoms. The van der Waals surface area contributed by atoms with E-state index in [9.17, 15) is 14.7 Å². The first-order valence-corrected chi connectivity index (χ1v) is 12.8. The van der Waals surface area contributed by atoms with Crippen LogP contribution in [0, 0.1) is 5.92 Å². The predicted octanol–water partition coefficient (Wildman–Crippen LogP) is 4.10. The van der Waals surface area contributed by atoms with Crippen LogP contribution in [0.3, 0.4) is 0 Å². The molecule has 0 radical (unpaired) electrons. The number of aliphatic carboxylic acids is 1. The molecule has 1 aliphatic heterocycles. The average Bonchev–Trinajstić information content (AvgIpc) is 2.84. The Hall–Kier alpha value is -2.93. The summed E-state index contributed by atoms with van der Waals surface area (Å²) in [4.78, 5) is 29.3. The number of hydrogen-bond acceptors (Lipinski definition) is 5. The van der Waals surface area contributed by atoms with Gasteiger partial charge in [0.25, 0.3) is 0 Å². The van der Waals surface area contributed by atoms with Gasteiger partial charge in [-0.2, -0.15) is 0 Å². The number of hydrogen-bond donors (Lipinski definition) is 3. The van der Waals surface area contributed by atoms with E-state index < -0.39 is 17.4 Å². The molecule has 1 fully saturated rings. The minimum absolute atomic E-state index is 0.170. The van der Waals surface area contributed by atoms with Gasteiger partial charge in [-0.15, -0.1) is 0 Å². The van der Waals surface area contributed by atoms with Crippen LogP contribution >= 0.6 is 0 Å². The van der Waals surface area contributed by atoms with E-state index in [1.807, 2.05) is 30.3 Å². The van der Waals surface area contributed by atoms with Crippen molar-refractivity contribution in [2.24, 2.45) is 5.92 Å². The van der Waals surface area contributed by atoms with Gasteiger partial charge in [0.15, 0.2) is 0 Å². The number of nitrogens with one attached hydrogen (secondary N) is 2. The van der Waals surface area contributed by atoms with Crippen molar-refractivity contribution >= 4 is 17.7 Å². The third-order valence-electron chi connectivity index (χ3n) is 7.38. The first kappa shape index (κ1) is 25.2. The Morgan fingerprint density at radius 1 is 1.20 bits per heavy atom. The maximum Gasteiger partial charge on any atom is 0.326 e. The molecule has 7 heteroatoms. The number of carboxylic acids is 1. The van der Waals surface area contributed by atoms with Crippen LogP contribution in [0.25, 0.3) is 0 Å². The topological polar surface area (TPSA) is 101 Å². The van der Waals surface area contributed by atoms with Crippen molar-refractivity contribution in [2.75, 3.05) is 18.5 Å². The molecule has 2 aromatic rings. The second-order valence-electron chi connectivity index (χ2n) is 10.4. The molecule has 2 aliphatic rings. The summed E-state index contributed by atoms with van der Waals surface area (Å²) in [5, 5.41) is 15.7. The van der Waals surface area contributed by atoms with Crippen molar-refractivity contribution in [1.29, 1.82) is 0 Å². The highest BCUT2D eigenvalue weighted by atomic mass is 16.5. The largest absolute Gasteiger partial charge is 0.480 e. The zero-order valence-electron chi connectivity index (χ0n) is 20.8. The first-order chi connectivity index (χ1) is 16.8. The average molecular weight is 480 g/mol. The summed E-state index contributed by atoms with van der Waals surface area (Å²) in [6, 6.07) is 12.8. The molecular weight excluding hydrogens is 442 g/mol. The number of rotatable bonds is 11. The minimum Gasteiger partial charge on any atom is -0.480 e. The van der Waals surface area contributed by atoms with Gasteiger partial charge in [-0.1, -0.05) is 36.4 Å². The minimum atomic E-state index is -1.04. The number of aryl methyl sites for hydroxylation is 2. The zero-order valence-corrected chi connectivity index (χ0v) is 20.8. The molecule has 2 heterocycles. The second-order valence-corrected chi connectivity index (χ2v) is 10.4. The zero-order chi connectivity index (χ0) is 24.8. The van der Waals surface area contributed by atoms with Crippen molar-refractivity contribution in [2.45, 2.75) is 76.4 Å². The van der Waals surface area contributed by atoms with Crippen molar-refractivity contribution in [3.63, 3.8) is 0 Å². The lowest BCUT2D eigenvalue weighted by Gasteiger charge is -2.35. The van der Waals surface area contributed by atoms with E-state index in [1.54, 1.807) is 13.8 Å². The Balaban J connectivity index is 1.16. The highest BCUT2D eigenvalue weighted by molar-refractivity contribution is 5.90. The number of carbonyl (C=O) groups is 2. The Morgan fingerprint density at radius 2 is 1.97 bits per heavy atom. The lowest BCUT2D eigenvalue weighted by atomic mass is 9.79. The molecule has 1 aliphatic carbocycles. The van der Waals surface area contributed by atoms with Crippen LogP contribution in [0.2, 0.25) is 0 Å². The number of benzene rings is 1. The molecule has 3 N–H and O–H groups in total. The Bertz CT molecular complexity index is 1020. The quantitative estimate of drug-likeness (QED) is 0.449. The number of carbonyl (C=O) groups excluding carboxylic acids is 1. The lowest BCUT2D eigenvalue weighted by Crippen LogP contribution is -2.49. The van der Waals surface area contributed by atoms with E-state index in [0.717, 1.165) is 55.7 Å². The monoisotopic (exact) mass is 479 g/mol. The Kier molecular flexibility index (Phi) is 8.06. The fourth-order valence-corrected chi connectivity index (χ4v) is 4.84. The van der Waals surface area contributed by atoms with Crippen LogP contribution < -0.4 is 10.6 Å². The van der Waals surface area contributed by atoms with Crippen molar-refractivity contribution in [3.05, 3.63) is 59.3 Å². The van der Waals surface area contributed by atoms with E-state index in [2.05, 4.69) is 22.8 Å². The Labute approximate surface area is 207 Å². The van der Waals surface area contributed by atoms with Crippen molar-refractivity contribution < 1.29 is 19.4 Å². The molecule has 35 heavy (non-hydrogen) atoms. The van der Waals surface area contributed by atoms with Gasteiger partial charge in [0.1, 0.15) is 11.9 Å². The molecule has 1 aromatic carbocycles. The summed E-state index contributed by atoms with van der Waals surface area (Å²) in [7, 11) is 0. The highest BCUT2D eigenvalue weighted by Crippen LogP contribution is 2.34. The fourth-order valence-electron chi connectivity index (χ4n) is 4.84. The molecule has 4 rings (SSSR count). The molecule has 1 atom stereocenters. The third kappa shape index (κ3) is 6.40. The van der Waals surface area contributed by atoms with E-state index in [1.165, 1.54) is 12.0 Å². The number of amides is 1. The normalized spacial score (nSPS) is 20.2. The van der Waals surface area contributed by atoms with Crippen LogP contribution in [0.5, 0.6) is 0 Å². The van der Waals surface area contributed by atoms with Crippen LogP contribution in [-0.4, -0.2) is 47.3 Å². The van der Waals surface area contributed by atoms with Crippen LogP contribution in [0.15, 0.2) is 42.5 Å². The van der Waals surface area contributed by atoms with E-state index in [-0.39, 0.29) is 18.4 Å². The van der Waals surface area contributed by atoms with Gasteiger partial charge in [0, 0.05) is 25.3 Å². The summed E-state index contributed by atoms with van der Waals surface area (Å²) in [6.07, 6.45) is 6.74. The van der Waals surface area contributed by atoms with Gasteiger partial charge in [-0.05, 0) is 75.5 Å². The summed E-state index contributed by atoms with van der Waals surface area (Å²) >= 11 is 0. The molecule has 1 unspecified atom stereocenters. The van der Waals surface area contributed by atoms with Gasteiger partial charge in [0.2, 0.25) is 5.91 Å². The second kappa shape index (κ2) is 11.2. The Morgan fingerprint density at radius 3 is 2.71 bits per heavy atom. The first-order valence-electron chi connectivity index (χ1n) is 12.8. The maximum atomic E-state index is 12.8. The molecule has 7 nitrogen and oxygen atoms in total. The predicted molar refractivity (Wildman–Crippen MR) is 135 cm³/mol. The smallest absolute Gasteiger partial charge is 0.326 e. The number of carboxylic acid groups (broad SMARTS) is 1. The van der Waals surface area contributed by atoms with Gasteiger partial charge in [-0.3, -0.25) is 4.79 Å². The van der Waals surface area contributed by atoms with Gasteiger partial charge in [-0.25, -0.2) is 9.78 Å². The van der Waals surface area contributed by atoms with E-state index >= 15 is 0 Å². The van der Waals surface area contributed by atoms with Gasteiger partial charge in [0.05, 0.1) is 11.5 Å². The SMILES string of the molecule is CC(C)(C(=O)NC(CCO[C@H]1C[C@H](CCc2ccc3c(n2)NCCC3)C1)C(=O)O)c1ccccc1. The highest BCUT2D eigenvalue weighted by Gasteiger charge is 2.34. The summed E-state index contributed by atoms with van der Waals surface area (Å²) in [5.41, 5.74) is 2.48. The van der Waals surface area contributed by atoms with Gasteiger partial charge >= 0.3 is 5.97 Å². The lowest BCUT2D eigenvalue weighted by molar-refractivity contribution is -0.143. The van der Waals surface area contributed by atoms with E-state index in [4.69, 9.17) is 9.72 Å². The van der Waals surface area contributed by atoms with Crippen molar-refractivity contribution in [3.8, 4) is 0 Å². The number of nitrogens with zero attached hydrogens (tertiary/aromatic N) is 1. The van der Waals surface area contributed by atoms with Gasteiger partial charge < -0.3 is 20.5 Å². The summed E-state index contributed by atoms with van der Waals surface area (Å²) < 4.78 is 5.93. The van der Waals surface area contributed by atoms with Crippen molar-refractivity contribution in [1.82, 2.24) is 10.3 Å².